The summed E-state index contributed by atoms with van der Waals surface area (Å²) in [5.74, 6) is 0.829. The van der Waals surface area contributed by atoms with E-state index in [1.54, 1.807) is 7.05 Å². The van der Waals surface area contributed by atoms with Crippen molar-refractivity contribution in [2.24, 2.45) is 23.7 Å². The molecule has 0 aromatic rings. The molecule has 1 rings (SSSR count). The summed E-state index contributed by atoms with van der Waals surface area (Å²) in [5, 5.41) is 0. The topological polar surface area (TPSA) is 37.4 Å². The normalized spacial score (nSPS) is 30.6. The highest BCUT2D eigenvalue weighted by Gasteiger charge is 2.43. The molecule has 0 radical (unpaired) electrons. The standard InChI is InChI=1S/C18H33NO2/c1-6-9-11-15-13(4)14(8-3)16(12-10-7-2)18(21)19(5)17(15)20/h13-16H,6-12H2,1-5H3. The van der Waals surface area contributed by atoms with Crippen LogP contribution in [0.25, 0.3) is 0 Å². The lowest BCUT2D eigenvalue weighted by Gasteiger charge is -2.30. The van der Waals surface area contributed by atoms with E-state index in [-0.39, 0.29) is 23.7 Å². The van der Waals surface area contributed by atoms with Crippen molar-refractivity contribution in [3.8, 4) is 0 Å². The van der Waals surface area contributed by atoms with Crippen LogP contribution < -0.4 is 0 Å². The van der Waals surface area contributed by atoms with Crippen molar-refractivity contribution in [2.75, 3.05) is 7.05 Å². The molecule has 0 aromatic heterocycles. The van der Waals surface area contributed by atoms with Gasteiger partial charge in [-0.25, -0.2) is 0 Å². The Balaban J connectivity index is 3.04. The van der Waals surface area contributed by atoms with E-state index in [1.165, 1.54) is 4.90 Å². The second kappa shape index (κ2) is 8.55. The number of rotatable bonds is 7. The average Bonchev–Trinajstić information content (AvgIpc) is 2.54. The number of unbranched alkanes of at least 4 members (excludes halogenated alkanes) is 2. The van der Waals surface area contributed by atoms with Crippen molar-refractivity contribution in [3.05, 3.63) is 0 Å². The van der Waals surface area contributed by atoms with E-state index in [0.29, 0.717) is 11.8 Å². The third kappa shape index (κ3) is 4.08. The fraction of sp³-hybridized carbons (Fsp3) is 0.889. The van der Waals surface area contributed by atoms with Crippen LogP contribution in [0.4, 0.5) is 0 Å². The molecule has 1 heterocycles. The fourth-order valence-electron chi connectivity index (χ4n) is 3.91. The van der Waals surface area contributed by atoms with Crippen molar-refractivity contribution in [2.45, 2.75) is 72.6 Å². The van der Waals surface area contributed by atoms with Crippen LogP contribution in [0.1, 0.15) is 72.6 Å². The molecule has 0 bridgehead atoms. The number of amides is 2. The highest BCUT2D eigenvalue weighted by atomic mass is 16.2. The lowest BCUT2D eigenvalue weighted by Crippen LogP contribution is -2.39. The molecule has 2 amide bonds. The molecule has 1 aliphatic rings. The molecule has 122 valence electrons. The number of imide groups is 1. The van der Waals surface area contributed by atoms with Gasteiger partial charge in [-0.1, -0.05) is 59.8 Å². The van der Waals surface area contributed by atoms with Gasteiger partial charge in [0.1, 0.15) is 0 Å². The predicted molar refractivity (Wildman–Crippen MR) is 86.8 cm³/mol. The summed E-state index contributed by atoms with van der Waals surface area (Å²) in [6.45, 7) is 8.67. The van der Waals surface area contributed by atoms with Crippen LogP contribution in [0.3, 0.4) is 0 Å². The van der Waals surface area contributed by atoms with Gasteiger partial charge in [0.2, 0.25) is 11.8 Å². The van der Waals surface area contributed by atoms with E-state index < -0.39 is 0 Å². The van der Waals surface area contributed by atoms with Crippen molar-refractivity contribution >= 4 is 11.8 Å². The number of hydrogen-bond acceptors (Lipinski definition) is 2. The van der Waals surface area contributed by atoms with Gasteiger partial charge in [-0.05, 0) is 24.7 Å². The van der Waals surface area contributed by atoms with Gasteiger partial charge in [0, 0.05) is 18.9 Å². The maximum atomic E-state index is 12.7. The van der Waals surface area contributed by atoms with Crippen LogP contribution in [0, 0.1) is 23.7 Å². The van der Waals surface area contributed by atoms with E-state index in [9.17, 15) is 9.59 Å². The molecular formula is C18H33NO2. The molecule has 0 spiro atoms. The summed E-state index contributed by atoms with van der Waals surface area (Å²) in [4.78, 5) is 26.8. The van der Waals surface area contributed by atoms with Crippen LogP contribution in [0.15, 0.2) is 0 Å². The Morgan fingerprint density at radius 3 is 1.86 bits per heavy atom. The maximum Gasteiger partial charge on any atom is 0.232 e. The first-order chi connectivity index (χ1) is 9.99. The third-order valence-electron chi connectivity index (χ3n) is 5.33. The van der Waals surface area contributed by atoms with E-state index in [4.69, 9.17) is 0 Å². The largest absolute Gasteiger partial charge is 0.285 e. The van der Waals surface area contributed by atoms with Gasteiger partial charge in [0.15, 0.2) is 0 Å². The Labute approximate surface area is 130 Å². The molecule has 3 nitrogen and oxygen atoms in total. The first kappa shape index (κ1) is 18.2. The first-order valence-corrected chi connectivity index (χ1v) is 8.80. The quantitative estimate of drug-likeness (QED) is 0.658. The maximum absolute atomic E-state index is 12.7. The lowest BCUT2D eigenvalue weighted by atomic mass is 9.72. The zero-order chi connectivity index (χ0) is 16.0. The summed E-state index contributed by atoms with van der Waals surface area (Å²) in [5.41, 5.74) is 0. The molecular weight excluding hydrogens is 262 g/mol. The monoisotopic (exact) mass is 295 g/mol. The minimum atomic E-state index is 0.0236. The molecule has 4 unspecified atom stereocenters. The van der Waals surface area contributed by atoms with Crippen molar-refractivity contribution in [1.82, 2.24) is 4.90 Å². The van der Waals surface area contributed by atoms with Gasteiger partial charge in [0.05, 0.1) is 0 Å². The number of likely N-dealkylation sites (tertiary alicyclic amines) is 1. The Bertz CT molecular complexity index is 353. The van der Waals surface area contributed by atoms with Gasteiger partial charge in [-0.2, -0.15) is 0 Å². The summed E-state index contributed by atoms with van der Waals surface area (Å²) in [7, 11) is 1.69. The number of hydrogen-bond donors (Lipinski definition) is 0. The average molecular weight is 295 g/mol. The van der Waals surface area contributed by atoms with Gasteiger partial charge in [-0.3, -0.25) is 14.5 Å². The van der Waals surface area contributed by atoms with Gasteiger partial charge in [0.25, 0.3) is 0 Å². The summed E-state index contributed by atoms with van der Waals surface area (Å²) in [6.07, 6.45) is 7.18. The number of carbonyl (C=O) groups excluding carboxylic acids is 2. The summed E-state index contributed by atoms with van der Waals surface area (Å²) >= 11 is 0. The molecule has 1 saturated heterocycles. The van der Waals surface area contributed by atoms with E-state index >= 15 is 0 Å². The molecule has 0 saturated carbocycles. The van der Waals surface area contributed by atoms with E-state index in [0.717, 1.165) is 44.9 Å². The van der Waals surface area contributed by atoms with Crippen LogP contribution in [-0.4, -0.2) is 23.8 Å². The molecule has 0 aromatic carbocycles. The number of nitrogens with zero attached hydrogens (tertiary/aromatic N) is 1. The Hall–Kier alpha value is -0.860. The zero-order valence-corrected chi connectivity index (χ0v) is 14.5. The Kier molecular flexibility index (Phi) is 7.41. The van der Waals surface area contributed by atoms with E-state index in [1.807, 2.05) is 0 Å². The van der Waals surface area contributed by atoms with Crippen molar-refractivity contribution < 1.29 is 9.59 Å². The lowest BCUT2D eigenvalue weighted by molar-refractivity contribution is -0.147. The minimum Gasteiger partial charge on any atom is -0.285 e. The molecule has 1 aliphatic heterocycles. The zero-order valence-electron chi connectivity index (χ0n) is 14.5. The van der Waals surface area contributed by atoms with Crippen LogP contribution in [-0.2, 0) is 9.59 Å². The molecule has 3 heteroatoms. The second-order valence-corrected chi connectivity index (χ2v) is 6.66. The highest BCUT2D eigenvalue weighted by Crippen LogP contribution is 2.39. The smallest absolute Gasteiger partial charge is 0.232 e. The summed E-state index contributed by atoms with van der Waals surface area (Å²) in [6, 6.07) is 0. The molecule has 21 heavy (non-hydrogen) atoms. The van der Waals surface area contributed by atoms with Gasteiger partial charge < -0.3 is 0 Å². The van der Waals surface area contributed by atoms with Crippen LogP contribution in [0.2, 0.25) is 0 Å². The molecule has 0 aliphatic carbocycles. The van der Waals surface area contributed by atoms with Crippen molar-refractivity contribution in [3.63, 3.8) is 0 Å². The van der Waals surface area contributed by atoms with Crippen LogP contribution >= 0.6 is 0 Å². The van der Waals surface area contributed by atoms with Crippen LogP contribution in [0.5, 0.6) is 0 Å². The predicted octanol–water partition coefficient (Wildman–Crippen LogP) is 4.26. The van der Waals surface area contributed by atoms with Crippen molar-refractivity contribution in [1.29, 1.82) is 0 Å². The Morgan fingerprint density at radius 1 is 0.905 bits per heavy atom. The second-order valence-electron chi connectivity index (χ2n) is 6.66. The van der Waals surface area contributed by atoms with Gasteiger partial charge >= 0.3 is 0 Å². The molecule has 1 fully saturated rings. The number of carbonyl (C=O) groups is 2. The fourth-order valence-corrected chi connectivity index (χ4v) is 3.91. The first-order valence-electron chi connectivity index (χ1n) is 8.80. The highest BCUT2D eigenvalue weighted by molar-refractivity contribution is 5.98. The molecule has 4 atom stereocenters. The van der Waals surface area contributed by atoms with Gasteiger partial charge in [-0.15, -0.1) is 0 Å². The Morgan fingerprint density at radius 2 is 1.38 bits per heavy atom. The minimum absolute atomic E-state index is 0.0236. The summed E-state index contributed by atoms with van der Waals surface area (Å²) < 4.78 is 0. The molecule has 0 N–H and O–H groups in total. The SMILES string of the molecule is CCCCC1C(=O)N(C)C(=O)C(CCCC)C(CC)C1C. The third-order valence-corrected chi connectivity index (χ3v) is 5.33. The van der Waals surface area contributed by atoms with E-state index in [2.05, 4.69) is 27.7 Å².